The van der Waals surface area contributed by atoms with Gasteiger partial charge in [0.1, 0.15) is 17.4 Å². The Bertz CT molecular complexity index is 2640. The maximum absolute atomic E-state index is 13.9. The molecule has 1 atom stereocenters. The zero-order valence-corrected chi connectivity index (χ0v) is 38.0. The fourth-order valence-electron chi connectivity index (χ4n) is 7.08. The van der Waals surface area contributed by atoms with Crippen LogP contribution in [-0.2, 0) is 42.3 Å². The summed E-state index contributed by atoms with van der Waals surface area (Å²) in [5, 5.41) is 16.3. The van der Waals surface area contributed by atoms with E-state index in [1.807, 2.05) is 30.8 Å². The minimum Gasteiger partial charge on any atom is -0.487 e. The molecule has 0 saturated heterocycles. The van der Waals surface area contributed by atoms with Crippen LogP contribution in [0, 0.1) is 27.7 Å². The number of nitrogens with zero attached hydrogens (tertiary/aromatic N) is 4. The normalized spacial score (nSPS) is 14.8. The number of fused-ring (bicyclic) bond motifs is 1. The van der Waals surface area contributed by atoms with Gasteiger partial charge in [-0.05, 0) is 129 Å². The number of carboxylic acid groups (broad SMARTS) is 1. The van der Waals surface area contributed by atoms with E-state index in [9.17, 15) is 44.7 Å². The third kappa shape index (κ3) is 11.5. The molecular formula is C42H52F3N7O9S2. The first-order chi connectivity index (χ1) is 29.0. The van der Waals surface area contributed by atoms with E-state index < -0.39 is 72.0 Å². The lowest BCUT2D eigenvalue weighted by Gasteiger charge is -2.30. The quantitative estimate of drug-likeness (QED) is 0.0441. The highest BCUT2D eigenvalue weighted by Crippen LogP contribution is 2.44. The van der Waals surface area contributed by atoms with Crippen molar-refractivity contribution in [2.24, 2.45) is 10.1 Å². The van der Waals surface area contributed by atoms with Gasteiger partial charge < -0.3 is 20.9 Å². The number of aryl methyl sites for hydroxylation is 1. The Morgan fingerprint density at radius 3 is 2.17 bits per heavy atom. The lowest BCUT2D eigenvalue weighted by Crippen LogP contribution is -2.48. The number of halogens is 3. The number of aromatic nitrogens is 2. The first-order valence-electron chi connectivity index (χ1n) is 19.8. The number of sulfonamides is 2. The van der Waals surface area contributed by atoms with Crippen molar-refractivity contribution in [2.45, 2.75) is 121 Å². The fraction of sp³-hybridized carbons (Fsp3) is 0.429. The molecule has 2 heterocycles. The Hall–Kier alpha value is -5.67. The summed E-state index contributed by atoms with van der Waals surface area (Å²) in [6.07, 6.45) is -5.87. The molecule has 16 nitrogen and oxygen atoms in total. The number of nitrogens with two attached hydrogens (primary N) is 1. The highest BCUT2D eigenvalue weighted by molar-refractivity contribution is 7.90. The second kappa shape index (κ2) is 17.8. The largest absolute Gasteiger partial charge is 0.487 e. The Morgan fingerprint density at radius 2 is 1.60 bits per heavy atom. The lowest BCUT2D eigenvalue weighted by atomic mass is 9.94. The number of alkyl halides is 3. The van der Waals surface area contributed by atoms with Crippen LogP contribution >= 0.6 is 0 Å². The molecule has 0 spiro atoms. The maximum Gasteiger partial charge on any atom is 0.435 e. The lowest BCUT2D eigenvalue weighted by molar-refractivity contribution is -0.183. The van der Waals surface area contributed by atoms with Crippen LogP contribution in [0.5, 0.6) is 5.75 Å². The highest BCUT2D eigenvalue weighted by atomic mass is 32.2. The third-order valence-electron chi connectivity index (χ3n) is 10.1. The molecule has 2 amide bonds. The van der Waals surface area contributed by atoms with E-state index in [1.54, 1.807) is 65.8 Å². The summed E-state index contributed by atoms with van der Waals surface area (Å²) in [6.45, 7) is 15.8. The van der Waals surface area contributed by atoms with Crippen LogP contribution < -0.4 is 20.5 Å². The molecule has 0 saturated carbocycles. The predicted octanol–water partition coefficient (Wildman–Crippen LogP) is 6.85. The smallest absolute Gasteiger partial charge is 0.435 e. The Labute approximate surface area is 364 Å². The molecule has 4 aromatic rings. The Morgan fingerprint density at radius 1 is 0.984 bits per heavy atom. The van der Waals surface area contributed by atoms with Crippen molar-refractivity contribution in [3.63, 3.8) is 0 Å². The van der Waals surface area contributed by atoms with Gasteiger partial charge in [0.05, 0.1) is 26.8 Å². The van der Waals surface area contributed by atoms with Gasteiger partial charge in [-0.2, -0.15) is 26.7 Å². The molecule has 0 bridgehead atoms. The number of carbonyl (C=O) groups is 2. The molecule has 63 heavy (non-hydrogen) atoms. The molecule has 0 aliphatic carbocycles. The zero-order chi connectivity index (χ0) is 47.0. The molecule has 342 valence electrons. The zero-order valence-electron chi connectivity index (χ0n) is 36.3. The number of hydroxylamine groups is 2. The summed E-state index contributed by atoms with van der Waals surface area (Å²) in [5.41, 5.74) is 7.61. The maximum atomic E-state index is 13.9. The monoisotopic (exact) mass is 919 g/mol. The Balaban J connectivity index is 1.29. The van der Waals surface area contributed by atoms with Gasteiger partial charge in [0.15, 0.2) is 5.69 Å². The molecule has 1 aliphatic rings. The number of hydrogen-bond acceptors (Lipinski definition) is 9. The van der Waals surface area contributed by atoms with E-state index in [2.05, 4.69) is 9.50 Å². The van der Waals surface area contributed by atoms with Gasteiger partial charge in [0.25, 0.3) is 26.0 Å². The molecule has 21 heteroatoms. The summed E-state index contributed by atoms with van der Waals surface area (Å²) in [7, 11) is -9.02. The SMILES string of the molecule is Cc1ccc(-c2cc(C(F)(F)F)nn2-c2ccc(S(=O)(=O)NC(=O)C(CCCCN(OC(C)(C)C)C(N)=NS(=O)(=O)c3c(C)c(C)c4c(c3C)CC(C)(C)O4)NC(=O)O)cc2)cc1. The number of carbonyl (C=O) groups excluding carboxylic acids is 1. The second-order valence-corrected chi connectivity index (χ2v) is 20.2. The van der Waals surface area contributed by atoms with E-state index in [0.717, 1.165) is 39.1 Å². The Kier molecular flexibility index (Phi) is 13.7. The van der Waals surface area contributed by atoms with Crippen LogP contribution in [0.3, 0.4) is 0 Å². The van der Waals surface area contributed by atoms with E-state index in [4.69, 9.17) is 15.3 Å². The number of benzene rings is 3. The minimum atomic E-state index is -4.77. The highest BCUT2D eigenvalue weighted by Gasteiger charge is 2.38. The fourth-order valence-corrected chi connectivity index (χ4v) is 9.58. The topological polar surface area (TPSA) is 225 Å². The van der Waals surface area contributed by atoms with Crippen molar-refractivity contribution in [3.8, 4) is 22.7 Å². The number of ether oxygens (including phenoxy) is 1. The number of unbranched alkanes of at least 4 members (excludes halogenated alkanes) is 1. The van der Waals surface area contributed by atoms with E-state index >= 15 is 0 Å². The van der Waals surface area contributed by atoms with Crippen LogP contribution in [0.15, 0.2) is 68.8 Å². The van der Waals surface area contributed by atoms with Gasteiger partial charge in [0.2, 0.25) is 5.96 Å². The number of rotatable bonds is 14. The van der Waals surface area contributed by atoms with E-state index in [-0.39, 0.29) is 42.1 Å². The predicted molar refractivity (Wildman–Crippen MR) is 228 cm³/mol. The molecular weight excluding hydrogens is 868 g/mol. The average Bonchev–Trinajstić information content (AvgIpc) is 3.76. The summed E-state index contributed by atoms with van der Waals surface area (Å²) in [4.78, 5) is 30.5. The van der Waals surface area contributed by atoms with Gasteiger partial charge in [0, 0.05) is 24.1 Å². The minimum absolute atomic E-state index is 0.00267. The van der Waals surface area contributed by atoms with E-state index in [0.29, 0.717) is 34.4 Å². The molecule has 5 N–H and O–H groups in total. The van der Waals surface area contributed by atoms with Gasteiger partial charge in [-0.3, -0.25) is 9.63 Å². The molecule has 3 aromatic carbocycles. The van der Waals surface area contributed by atoms with Crippen LogP contribution in [0.1, 0.15) is 87.4 Å². The second-order valence-electron chi connectivity index (χ2n) is 16.9. The molecule has 0 fully saturated rings. The van der Waals surface area contributed by atoms with Crippen LogP contribution in [0.4, 0.5) is 18.0 Å². The van der Waals surface area contributed by atoms with Crippen molar-refractivity contribution < 1.29 is 54.3 Å². The summed E-state index contributed by atoms with van der Waals surface area (Å²) in [6, 6.07) is 10.6. The van der Waals surface area contributed by atoms with Crippen molar-refractivity contribution in [2.75, 3.05) is 6.54 Å². The number of amides is 2. The standard InChI is InChI=1S/C42H52F3N7O9S2/c1-24-13-15-28(16-14-24)33-22-34(42(43,44)45)48-52(33)29-17-19-30(20-18-29)62(56,57)49-37(53)32(47-39(54)55)12-10-11-21-51(61-40(5,6)7)38(46)50-63(58,59)36-26(3)25(2)35-31(27(36)4)23-41(8,9)60-35/h13-20,22,32,47H,10-12,21,23H2,1-9H3,(H2,46,50)(H,49,53)(H,54,55). The van der Waals surface area contributed by atoms with Crippen molar-refractivity contribution in [1.29, 1.82) is 0 Å². The van der Waals surface area contributed by atoms with Crippen LogP contribution in [0.25, 0.3) is 16.9 Å². The third-order valence-corrected chi connectivity index (χ3v) is 13.0. The van der Waals surface area contributed by atoms with Crippen molar-refractivity contribution in [1.82, 2.24) is 24.9 Å². The van der Waals surface area contributed by atoms with Crippen molar-refractivity contribution in [3.05, 3.63) is 88.1 Å². The van der Waals surface area contributed by atoms with Crippen LogP contribution in [-0.4, -0.2) is 78.5 Å². The number of nitrogens with one attached hydrogen (secondary N) is 2. The molecule has 1 unspecified atom stereocenters. The summed E-state index contributed by atoms with van der Waals surface area (Å²) < 4.78 is 108. The van der Waals surface area contributed by atoms with Gasteiger partial charge >= 0.3 is 12.3 Å². The van der Waals surface area contributed by atoms with Gasteiger partial charge in [-0.15, -0.1) is 4.40 Å². The van der Waals surface area contributed by atoms with Crippen molar-refractivity contribution >= 4 is 38.0 Å². The molecule has 1 aromatic heterocycles. The first-order valence-corrected chi connectivity index (χ1v) is 22.7. The van der Waals surface area contributed by atoms with Gasteiger partial charge in [-0.25, -0.2) is 27.7 Å². The average molecular weight is 920 g/mol. The number of hydrogen-bond donors (Lipinski definition) is 4. The summed E-state index contributed by atoms with van der Waals surface area (Å²) >= 11 is 0. The van der Waals surface area contributed by atoms with Crippen LogP contribution in [0.2, 0.25) is 0 Å². The summed E-state index contributed by atoms with van der Waals surface area (Å²) in [5.74, 6) is -1.04. The first kappa shape index (κ1) is 48.4. The van der Waals surface area contributed by atoms with E-state index in [1.165, 1.54) is 12.1 Å². The molecule has 0 radical (unpaired) electrons. The van der Waals surface area contributed by atoms with Gasteiger partial charge in [-0.1, -0.05) is 29.8 Å². The molecule has 5 rings (SSSR count). The number of guanidine groups is 1. The molecule has 1 aliphatic heterocycles.